The first-order valence-electron chi connectivity index (χ1n) is 8.81. The number of benzene rings is 2. The Balaban J connectivity index is 1.58. The van der Waals surface area contributed by atoms with Gasteiger partial charge in [0.25, 0.3) is 0 Å². The van der Waals surface area contributed by atoms with Gasteiger partial charge in [0.05, 0.1) is 6.04 Å². The van der Waals surface area contributed by atoms with Gasteiger partial charge in [-0.1, -0.05) is 54.6 Å². The third kappa shape index (κ3) is 3.15. The number of aryl methyl sites for hydroxylation is 1. The fourth-order valence-corrected chi connectivity index (χ4v) is 3.58. The second-order valence-electron chi connectivity index (χ2n) is 6.73. The molecule has 1 aromatic heterocycles. The Kier molecular flexibility index (Phi) is 4.24. The lowest BCUT2D eigenvalue weighted by molar-refractivity contribution is 0.718. The van der Waals surface area contributed by atoms with Crippen molar-refractivity contribution in [3.63, 3.8) is 0 Å². The van der Waals surface area contributed by atoms with Crippen molar-refractivity contribution in [2.45, 2.75) is 25.9 Å². The van der Waals surface area contributed by atoms with Gasteiger partial charge in [-0.2, -0.15) is 0 Å². The van der Waals surface area contributed by atoms with E-state index in [1.54, 1.807) is 0 Å². The summed E-state index contributed by atoms with van der Waals surface area (Å²) in [5.74, 6) is 1.04. The maximum absolute atomic E-state index is 6.46. The zero-order valence-corrected chi connectivity index (χ0v) is 14.5. The van der Waals surface area contributed by atoms with Gasteiger partial charge in [0.1, 0.15) is 5.82 Å². The number of aromatic nitrogens is 1. The number of pyridine rings is 1. The number of nitrogens with two attached hydrogens (primary N) is 1. The van der Waals surface area contributed by atoms with Crippen LogP contribution in [0.1, 0.15) is 33.9 Å². The van der Waals surface area contributed by atoms with Crippen molar-refractivity contribution in [1.29, 1.82) is 0 Å². The normalized spacial score (nSPS) is 14.9. The van der Waals surface area contributed by atoms with E-state index in [1.807, 2.05) is 24.4 Å². The SMILES string of the molecule is Cc1cc(N2CCc3ccccc3C2)ncc1C(N)c1ccccc1. The minimum atomic E-state index is -0.134. The van der Waals surface area contributed by atoms with Gasteiger partial charge in [-0.05, 0) is 47.2 Å². The van der Waals surface area contributed by atoms with Gasteiger partial charge in [0.15, 0.2) is 0 Å². The first-order valence-corrected chi connectivity index (χ1v) is 8.81. The lowest BCUT2D eigenvalue weighted by Gasteiger charge is -2.30. The fraction of sp³-hybridized carbons (Fsp3) is 0.227. The van der Waals surface area contributed by atoms with Crippen LogP contribution in [0, 0.1) is 6.92 Å². The van der Waals surface area contributed by atoms with Crippen molar-refractivity contribution in [1.82, 2.24) is 4.98 Å². The topological polar surface area (TPSA) is 42.2 Å². The van der Waals surface area contributed by atoms with E-state index in [9.17, 15) is 0 Å². The molecule has 2 heterocycles. The molecule has 0 saturated heterocycles. The number of anilines is 1. The molecule has 1 atom stereocenters. The predicted octanol–water partition coefficient (Wildman–Crippen LogP) is 4.00. The second kappa shape index (κ2) is 6.69. The number of hydrogen-bond donors (Lipinski definition) is 1. The predicted molar refractivity (Wildman–Crippen MR) is 103 cm³/mol. The van der Waals surface area contributed by atoms with E-state index in [0.717, 1.165) is 36.5 Å². The summed E-state index contributed by atoms with van der Waals surface area (Å²) >= 11 is 0. The standard InChI is InChI=1S/C22H23N3/c1-16-13-21(25-12-11-17-7-5-6-10-19(17)15-25)24-14-20(16)22(23)18-8-3-2-4-9-18/h2-10,13-14,22H,11-12,15,23H2,1H3. The molecular formula is C22H23N3. The third-order valence-corrected chi connectivity index (χ3v) is 5.09. The van der Waals surface area contributed by atoms with Crippen LogP contribution in [0.3, 0.4) is 0 Å². The van der Waals surface area contributed by atoms with Crippen molar-refractivity contribution >= 4 is 5.82 Å². The highest BCUT2D eigenvalue weighted by molar-refractivity contribution is 5.48. The van der Waals surface area contributed by atoms with Crippen molar-refractivity contribution in [3.05, 3.63) is 94.7 Å². The Labute approximate surface area is 149 Å². The molecule has 0 spiro atoms. The minimum absolute atomic E-state index is 0.134. The largest absolute Gasteiger partial charge is 0.352 e. The summed E-state index contributed by atoms with van der Waals surface area (Å²) in [6.45, 7) is 4.06. The molecule has 0 saturated carbocycles. The molecule has 0 bridgehead atoms. The van der Waals surface area contributed by atoms with Crippen LogP contribution in [-0.2, 0) is 13.0 Å². The highest BCUT2D eigenvalue weighted by Crippen LogP contribution is 2.27. The summed E-state index contributed by atoms with van der Waals surface area (Å²) in [6.07, 6.45) is 3.02. The van der Waals surface area contributed by atoms with E-state index in [0.29, 0.717) is 0 Å². The quantitative estimate of drug-likeness (QED) is 0.790. The highest BCUT2D eigenvalue weighted by atomic mass is 15.2. The maximum Gasteiger partial charge on any atom is 0.129 e. The van der Waals surface area contributed by atoms with E-state index < -0.39 is 0 Å². The van der Waals surface area contributed by atoms with Gasteiger partial charge < -0.3 is 10.6 Å². The molecule has 1 aliphatic heterocycles. The third-order valence-electron chi connectivity index (χ3n) is 5.09. The average Bonchev–Trinajstić information content (AvgIpc) is 2.67. The molecule has 2 N–H and O–H groups in total. The molecule has 0 radical (unpaired) electrons. The van der Waals surface area contributed by atoms with E-state index in [4.69, 9.17) is 10.7 Å². The van der Waals surface area contributed by atoms with Gasteiger partial charge in [0, 0.05) is 19.3 Å². The second-order valence-corrected chi connectivity index (χ2v) is 6.73. The molecule has 0 aliphatic carbocycles. The molecule has 4 rings (SSSR count). The maximum atomic E-state index is 6.46. The summed E-state index contributed by atoms with van der Waals surface area (Å²) in [5.41, 5.74) is 12.7. The van der Waals surface area contributed by atoms with Crippen molar-refractivity contribution < 1.29 is 0 Å². The Hall–Kier alpha value is -2.65. The smallest absolute Gasteiger partial charge is 0.129 e. The molecule has 3 nitrogen and oxygen atoms in total. The van der Waals surface area contributed by atoms with Gasteiger partial charge in [-0.15, -0.1) is 0 Å². The minimum Gasteiger partial charge on any atom is -0.352 e. The molecule has 3 heteroatoms. The number of fused-ring (bicyclic) bond motifs is 1. The Morgan fingerprint density at radius 3 is 2.48 bits per heavy atom. The van der Waals surface area contributed by atoms with Crippen LogP contribution in [0.5, 0.6) is 0 Å². The number of hydrogen-bond acceptors (Lipinski definition) is 3. The zero-order chi connectivity index (χ0) is 17.2. The first kappa shape index (κ1) is 15.9. The Morgan fingerprint density at radius 1 is 1.00 bits per heavy atom. The van der Waals surface area contributed by atoms with Crippen LogP contribution in [0.4, 0.5) is 5.82 Å². The molecule has 25 heavy (non-hydrogen) atoms. The van der Waals surface area contributed by atoms with Gasteiger partial charge in [-0.3, -0.25) is 0 Å². The lowest BCUT2D eigenvalue weighted by Crippen LogP contribution is -2.31. The zero-order valence-electron chi connectivity index (χ0n) is 14.5. The molecule has 126 valence electrons. The molecule has 2 aromatic carbocycles. The molecule has 0 amide bonds. The summed E-state index contributed by atoms with van der Waals surface area (Å²) in [5, 5.41) is 0. The van der Waals surface area contributed by atoms with Crippen LogP contribution < -0.4 is 10.6 Å². The summed E-state index contributed by atoms with van der Waals surface area (Å²) in [4.78, 5) is 7.08. The van der Waals surface area contributed by atoms with E-state index in [-0.39, 0.29) is 6.04 Å². The van der Waals surface area contributed by atoms with E-state index >= 15 is 0 Å². The molecular weight excluding hydrogens is 306 g/mol. The lowest BCUT2D eigenvalue weighted by atomic mass is 9.97. The monoisotopic (exact) mass is 329 g/mol. The van der Waals surface area contributed by atoms with Crippen LogP contribution >= 0.6 is 0 Å². The fourth-order valence-electron chi connectivity index (χ4n) is 3.58. The summed E-state index contributed by atoms with van der Waals surface area (Å²) in [6, 6.07) is 20.9. The van der Waals surface area contributed by atoms with Gasteiger partial charge in [0.2, 0.25) is 0 Å². The van der Waals surface area contributed by atoms with Crippen LogP contribution in [-0.4, -0.2) is 11.5 Å². The Bertz CT molecular complexity index is 873. The summed E-state index contributed by atoms with van der Waals surface area (Å²) < 4.78 is 0. The number of nitrogens with zero attached hydrogens (tertiary/aromatic N) is 2. The Morgan fingerprint density at radius 2 is 1.72 bits per heavy atom. The molecule has 3 aromatic rings. The van der Waals surface area contributed by atoms with E-state index in [1.165, 1.54) is 16.7 Å². The summed E-state index contributed by atoms with van der Waals surface area (Å²) in [7, 11) is 0. The van der Waals surface area contributed by atoms with Gasteiger partial charge >= 0.3 is 0 Å². The van der Waals surface area contributed by atoms with Crippen molar-refractivity contribution in [3.8, 4) is 0 Å². The van der Waals surface area contributed by atoms with Crippen LogP contribution in [0.25, 0.3) is 0 Å². The molecule has 0 fully saturated rings. The van der Waals surface area contributed by atoms with Crippen LogP contribution in [0.15, 0.2) is 66.9 Å². The average molecular weight is 329 g/mol. The first-order chi connectivity index (χ1) is 12.2. The van der Waals surface area contributed by atoms with E-state index in [2.05, 4.69) is 54.3 Å². The van der Waals surface area contributed by atoms with Crippen molar-refractivity contribution in [2.75, 3.05) is 11.4 Å². The number of rotatable bonds is 3. The van der Waals surface area contributed by atoms with Crippen LogP contribution in [0.2, 0.25) is 0 Å². The molecule has 1 unspecified atom stereocenters. The highest BCUT2D eigenvalue weighted by Gasteiger charge is 2.19. The molecule has 1 aliphatic rings. The van der Waals surface area contributed by atoms with Crippen molar-refractivity contribution in [2.24, 2.45) is 5.73 Å². The van der Waals surface area contributed by atoms with Gasteiger partial charge in [-0.25, -0.2) is 4.98 Å².